The predicted molar refractivity (Wildman–Crippen MR) is 80.8 cm³/mol. The standard InChI is InChI=1S/C17H15N3O/c1-21-17-7-4-14(10-15(17)11-19)12-20-16-5-2-13(3-6-16)8-9-18/h2-7,10,20H,8,12H2,1H3. The number of anilines is 1. The van der Waals surface area contributed by atoms with Gasteiger partial charge in [0.1, 0.15) is 11.8 Å². The molecule has 0 atom stereocenters. The van der Waals surface area contributed by atoms with Crippen LogP contribution in [0.1, 0.15) is 16.7 Å². The first-order chi connectivity index (χ1) is 10.3. The fourth-order valence-electron chi connectivity index (χ4n) is 1.99. The molecule has 0 heterocycles. The van der Waals surface area contributed by atoms with E-state index in [0.717, 1.165) is 16.8 Å². The highest BCUT2D eigenvalue weighted by atomic mass is 16.5. The van der Waals surface area contributed by atoms with E-state index < -0.39 is 0 Å². The number of methoxy groups -OCH3 is 1. The quantitative estimate of drug-likeness (QED) is 0.910. The Kier molecular flexibility index (Phi) is 4.79. The molecule has 4 heteroatoms. The second-order valence-electron chi connectivity index (χ2n) is 4.53. The van der Waals surface area contributed by atoms with E-state index in [1.807, 2.05) is 36.4 Å². The van der Waals surface area contributed by atoms with Crippen molar-refractivity contribution >= 4 is 5.69 Å². The van der Waals surface area contributed by atoms with Gasteiger partial charge in [0, 0.05) is 12.2 Å². The van der Waals surface area contributed by atoms with Gasteiger partial charge in [0.25, 0.3) is 0 Å². The van der Waals surface area contributed by atoms with Crippen molar-refractivity contribution in [3.8, 4) is 17.9 Å². The lowest BCUT2D eigenvalue weighted by Crippen LogP contribution is -2.00. The molecule has 0 aliphatic rings. The number of nitriles is 2. The molecule has 2 rings (SSSR count). The highest BCUT2D eigenvalue weighted by Gasteiger charge is 2.03. The molecule has 0 aromatic heterocycles. The predicted octanol–water partition coefficient (Wildman–Crippen LogP) is 3.25. The molecule has 0 fully saturated rings. The van der Waals surface area contributed by atoms with Crippen LogP contribution >= 0.6 is 0 Å². The van der Waals surface area contributed by atoms with E-state index in [4.69, 9.17) is 15.3 Å². The Morgan fingerprint density at radius 2 is 1.76 bits per heavy atom. The number of hydrogen-bond donors (Lipinski definition) is 1. The zero-order chi connectivity index (χ0) is 15.1. The van der Waals surface area contributed by atoms with E-state index in [9.17, 15) is 0 Å². The van der Waals surface area contributed by atoms with E-state index in [0.29, 0.717) is 24.3 Å². The van der Waals surface area contributed by atoms with Gasteiger partial charge in [0.05, 0.1) is 25.2 Å². The second kappa shape index (κ2) is 6.98. The van der Waals surface area contributed by atoms with E-state index in [1.54, 1.807) is 13.2 Å². The molecule has 21 heavy (non-hydrogen) atoms. The van der Waals surface area contributed by atoms with E-state index >= 15 is 0 Å². The minimum absolute atomic E-state index is 0.421. The zero-order valence-electron chi connectivity index (χ0n) is 11.8. The zero-order valence-corrected chi connectivity index (χ0v) is 11.8. The van der Waals surface area contributed by atoms with Gasteiger partial charge in [-0.1, -0.05) is 18.2 Å². The molecule has 0 spiro atoms. The summed E-state index contributed by atoms with van der Waals surface area (Å²) in [6.45, 7) is 0.621. The lowest BCUT2D eigenvalue weighted by atomic mass is 10.1. The molecule has 0 bridgehead atoms. The van der Waals surface area contributed by atoms with Crippen LogP contribution in [0.3, 0.4) is 0 Å². The van der Waals surface area contributed by atoms with Gasteiger partial charge in [-0.05, 0) is 35.4 Å². The van der Waals surface area contributed by atoms with Crippen molar-refractivity contribution in [2.24, 2.45) is 0 Å². The highest BCUT2D eigenvalue weighted by molar-refractivity contribution is 5.48. The van der Waals surface area contributed by atoms with Crippen molar-refractivity contribution in [1.29, 1.82) is 10.5 Å². The Hall–Kier alpha value is -2.98. The Balaban J connectivity index is 2.03. The number of ether oxygens (including phenoxy) is 1. The monoisotopic (exact) mass is 277 g/mol. The average Bonchev–Trinajstić information content (AvgIpc) is 2.54. The molecule has 0 saturated heterocycles. The maximum atomic E-state index is 9.06. The Morgan fingerprint density at radius 1 is 1.05 bits per heavy atom. The average molecular weight is 277 g/mol. The molecule has 0 saturated carbocycles. The molecule has 0 aliphatic carbocycles. The van der Waals surface area contributed by atoms with Gasteiger partial charge in [-0.3, -0.25) is 0 Å². The summed E-state index contributed by atoms with van der Waals surface area (Å²) in [7, 11) is 1.55. The summed E-state index contributed by atoms with van der Waals surface area (Å²) < 4.78 is 5.12. The maximum Gasteiger partial charge on any atom is 0.136 e. The number of nitrogens with zero attached hydrogens (tertiary/aromatic N) is 2. The Morgan fingerprint density at radius 3 is 2.38 bits per heavy atom. The van der Waals surface area contributed by atoms with Gasteiger partial charge in [-0.15, -0.1) is 0 Å². The van der Waals surface area contributed by atoms with Gasteiger partial charge < -0.3 is 10.1 Å². The van der Waals surface area contributed by atoms with Gasteiger partial charge in [-0.2, -0.15) is 10.5 Å². The van der Waals surface area contributed by atoms with Crippen LogP contribution in [0.5, 0.6) is 5.75 Å². The smallest absolute Gasteiger partial charge is 0.136 e. The minimum atomic E-state index is 0.421. The van der Waals surface area contributed by atoms with E-state index in [2.05, 4.69) is 17.5 Å². The molecule has 0 radical (unpaired) electrons. The number of nitrogens with one attached hydrogen (secondary N) is 1. The van der Waals surface area contributed by atoms with Crippen molar-refractivity contribution in [2.75, 3.05) is 12.4 Å². The normalized spacial score (nSPS) is 9.48. The third-order valence-electron chi connectivity index (χ3n) is 3.12. The van der Waals surface area contributed by atoms with Crippen molar-refractivity contribution in [3.63, 3.8) is 0 Å². The SMILES string of the molecule is COc1ccc(CNc2ccc(CC#N)cc2)cc1C#N. The molecule has 0 aliphatic heterocycles. The molecule has 0 unspecified atom stereocenters. The Bertz CT molecular complexity index is 693. The van der Waals surface area contributed by atoms with Crippen molar-refractivity contribution in [1.82, 2.24) is 0 Å². The fraction of sp³-hybridized carbons (Fsp3) is 0.176. The van der Waals surface area contributed by atoms with Crippen LogP contribution in [0.15, 0.2) is 42.5 Å². The summed E-state index contributed by atoms with van der Waals surface area (Å²) in [4.78, 5) is 0. The number of benzene rings is 2. The van der Waals surface area contributed by atoms with Gasteiger partial charge >= 0.3 is 0 Å². The van der Waals surface area contributed by atoms with Gasteiger partial charge in [0.15, 0.2) is 0 Å². The first-order valence-corrected chi connectivity index (χ1v) is 6.53. The third-order valence-corrected chi connectivity index (χ3v) is 3.12. The summed E-state index contributed by atoms with van der Waals surface area (Å²) in [6, 6.07) is 17.5. The largest absolute Gasteiger partial charge is 0.495 e. The van der Waals surface area contributed by atoms with Crippen LogP contribution in [0.25, 0.3) is 0 Å². The molecular weight excluding hydrogens is 262 g/mol. The van der Waals surface area contributed by atoms with E-state index in [1.165, 1.54) is 0 Å². The van der Waals surface area contributed by atoms with Gasteiger partial charge in [0.2, 0.25) is 0 Å². The van der Waals surface area contributed by atoms with E-state index in [-0.39, 0.29) is 0 Å². The third kappa shape index (κ3) is 3.75. The van der Waals surface area contributed by atoms with Crippen molar-refractivity contribution < 1.29 is 4.74 Å². The maximum absolute atomic E-state index is 9.06. The topological polar surface area (TPSA) is 68.8 Å². The summed E-state index contributed by atoms with van der Waals surface area (Å²) in [6.07, 6.45) is 0.421. The fourth-order valence-corrected chi connectivity index (χ4v) is 1.99. The lowest BCUT2D eigenvalue weighted by Gasteiger charge is -2.09. The summed E-state index contributed by atoms with van der Waals surface area (Å²) in [5.74, 6) is 0.585. The minimum Gasteiger partial charge on any atom is -0.495 e. The van der Waals surface area contributed by atoms with Gasteiger partial charge in [-0.25, -0.2) is 0 Å². The van der Waals surface area contributed by atoms with Crippen LogP contribution in [-0.2, 0) is 13.0 Å². The van der Waals surface area contributed by atoms with Crippen molar-refractivity contribution in [2.45, 2.75) is 13.0 Å². The van der Waals surface area contributed by atoms with Crippen LogP contribution in [-0.4, -0.2) is 7.11 Å². The number of rotatable bonds is 5. The second-order valence-corrected chi connectivity index (χ2v) is 4.53. The lowest BCUT2D eigenvalue weighted by molar-refractivity contribution is 0.413. The molecule has 2 aromatic carbocycles. The summed E-state index contributed by atoms with van der Waals surface area (Å²) >= 11 is 0. The molecule has 4 nitrogen and oxygen atoms in total. The molecule has 1 N–H and O–H groups in total. The van der Waals surface area contributed by atoms with Crippen LogP contribution in [0, 0.1) is 22.7 Å². The summed E-state index contributed by atoms with van der Waals surface area (Å²) in [5, 5.41) is 21.0. The molecular formula is C17H15N3O. The Labute approximate surface area is 124 Å². The van der Waals surface area contributed by atoms with Crippen molar-refractivity contribution in [3.05, 3.63) is 59.2 Å². The first kappa shape index (κ1) is 14.4. The van der Waals surface area contributed by atoms with Crippen LogP contribution < -0.4 is 10.1 Å². The molecule has 104 valence electrons. The van der Waals surface area contributed by atoms with Crippen LogP contribution in [0.4, 0.5) is 5.69 Å². The van der Waals surface area contributed by atoms with Crippen LogP contribution in [0.2, 0.25) is 0 Å². The molecule has 0 amide bonds. The summed E-state index contributed by atoms with van der Waals surface area (Å²) in [5.41, 5.74) is 3.51. The number of hydrogen-bond acceptors (Lipinski definition) is 4. The molecule has 2 aromatic rings. The first-order valence-electron chi connectivity index (χ1n) is 6.53. The highest BCUT2D eigenvalue weighted by Crippen LogP contribution is 2.19.